The summed E-state index contributed by atoms with van der Waals surface area (Å²) < 4.78 is 44.4. The number of anilines is 1. The van der Waals surface area contributed by atoms with Crippen LogP contribution in [-0.4, -0.2) is 4.98 Å². The van der Waals surface area contributed by atoms with Crippen LogP contribution in [0.2, 0.25) is 0 Å². The van der Waals surface area contributed by atoms with Gasteiger partial charge < -0.3 is 15.5 Å². The van der Waals surface area contributed by atoms with E-state index in [-0.39, 0.29) is 46.0 Å². The van der Waals surface area contributed by atoms with Gasteiger partial charge in [0.1, 0.15) is 41.4 Å². The maximum atomic E-state index is 12.9. The number of hydrogen-bond donors (Lipinski definition) is 2. The molecule has 30 heavy (non-hydrogen) atoms. The van der Waals surface area contributed by atoms with Crippen LogP contribution in [0.5, 0.6) is 5.75 Å². The number of nitrogens with zero attached hydrogens (tertiary/aromatic N) is 2. The summed E-state index contributed by atoms with van der Waals surface area (Å²) in [6, 6.07) is 14.5. The largest absolute Gasteiger partial charge is 0.488 e. The van der Waals surface area contributed by atoms with Crippen LogP contribution in [-0.2, 0) is 12.8 Å². The number of rotatable bonds is 4. The Labute approximate surface area is 168 Å². The van der Waals surface area contributed by atoms with Crippen molar-refractivity contribution in [1.82, 2.24) is 4.98 Å². The molecule has 3 aromatic rings. The highest BCUT2D eigenvalue weighted by molar-refractivity contribution is 5.83. The Kier molecular flexibility index (Phi) is 5.48. The van der Waals surface area contributed by atoms with E-state index < -0.39 is 17.3 Å². The Bertz CT molecular complexity index is 1250. The van der Waals surface area contributed by atoms with Gasteiger partial charge in [-0.1, -0.05) is 30.3 Å². The van der Waals surface area contributed by atoms with E-state index >= 15 is 0 Å². The van der Waals surface area contributed by atoms with Crippen LogP contribution >= 0.6 is 0 Å². The standard InChI is InChI=1S/C21H13F3N4O2/c22-21(23,24)13-5-3-4-12(8-13)11-30-17-7-2-1-6-14(17)18-15(9-25)19(27)28-20(29)16(18)10-26/h1-8H,11H2,(H3,27,28,29). The summed E-state index contributed by atoms with van der Waals surface area (Å²) in [5.74, 6) is -0.0305. The molecule has 0 radical (unpaired) electrons. The fourth-order valence-corrected chi connectivity index (χ4v) is 2.91. The van der Waals surface area contributed by atoms with Crippen LogP contribution in [0.3, 0.4) is 0 Å². The molecule has 0 aliphatic carbocycles. The van der Waals surface area contributed by atoms with Crippen LogP contribution < -0.4 is 16.0 Å². The molecule has 0 aliphatic heterocycles. The van der Waals surface area contributed by atoms with Crippen molar-refractivity contribution >= 4 is 5.82 Å². The van der Waals surface area contributed by atoms with Gasteiger partial charge in [-0.15, -0.1) is 0 Å². The predicted molar refractivity (Wildman–Crippen MR) is 102 cm³/mol. The number of hydrogen-bond acceptors (Lipinski definition) is 5. The number of nitrogens with two attached hydrogens (primary N) is 1. The lowest BCUT2D eigenvalue weighted by atomic mass is 9.96. The molecular formula is C21H13F3N4O2. The number of nitrogens with one attached hydrogen (secondary N) is 1. The molecule has 0 atom stereocenters. The first-order valence-electron chi connectivity index (χ1n) is 8.50. The van der Waals surface area contributed by atoms with E-state index in [1.807, 2.05) is 6.07 Å². The van der Waals surface area contributed by atoms with Crippen molar-refractivity contribution in [3.8, 4) is 29.0 Å². The molecule has 0 spiro atoms. The lowest BCUT2D eigenvalue weighted by molar-refractivity contribution is -0.137. The zero-order valence-corrected chi connectivity index (χ0v) is 15.2. The van der Waals surface area contributed by atoms with Crippen molar-refractivity contribution < 1.29 is 17.9 Å². The predicted octanol–water partition coefficient (Wildman–Crippen LogP) is 3.97. The van der Waals surface area contributed by atoms with Crippen molar-refractivity contribution in [2.24, 2.45) is 0 Å². The highest BCUT2D eigenvalue weighted by Gasteiger charge is 2.30. The summed E-state index contributed by atoms with van der Waals surface area (Å²) in [6.07, 6.45) is -4.49. The van der Waals surface area contributed by atoms with Crippen molar-refractivity contribution in [2.75, 3.05) is 5.73 Å². The minimum absolute atomic E-state index is 0.000826. The number of nitrogen functional groups attached to an aromatic ring is 1. The normalized spacial score (nSPS) is 10.8. The van der Waals surface area contributed by atoms with Crippen LogP contribution in [0, 0.1) is 22.7 Å². The molecule has 3 N–H and O–H groups in total. The first kappa shape index (κ1) is 20.5. The lowest BCUT2D eigenvalue weighted by Gasteiger charge is -2.15. The van der Waals surface area contributed by atoms with E-state index in [1.54, 1.807) is 18.2 Å². The minimum atomic E-state index is -4.49. The second-order valence-electron chi connectivity index (χ2n) is 6.20. The third-order valence-corrected chi connectivity index (χ3v) is 4.27. The Balaban J connectivity index is 2.05. The number of halogens is 3. The summed E-state index contributed by atoms with van der Waals surface area (Å²) in [7, 11) is 0. The van der Waals surface area contributed by atoms with Crippen LogP contribution in [0.15, 0.2) is 53.3 Å². The number of ether oxygens (including phenoxy) is 1. The van der Waals surface area contributed by atoms with Gasteiger partial charge in [-0.05, 0) is 23.8 Å². The van der Waals surface area contributed by atoms with Gasteiger partial charge >= 0.3 is 6.18 Å². The fraction of sp³-hybridized carbons (Fsp3) is 0.0952. The van der Waals surface area contributed by atoms with Gasteiger partial charge in [0.2, 0.25) is 0 Å². The van der Waals surface area contributed by atoms with Crippen molar-refractivity contribution in [1.29, 1.82) is 10.5 Å². The Morgan fingerprint density at radius 2 is 1.73 bits per heavy atom. The molecule has 6 nitrogen and oxygen atoms in total. The number of pyridine rings is 1. The molecule has 1 aromatic heterocycles. The van der Waals surface area contributed by atoms with Crippen LogP contribution in [0.1, 0.15) is 22.3 Å². The quantitative estimate of drug-likeness (QED) is 0.675. The SMILES string of the molecule is N#Cc1c(N)[nH]c(=O)c(C#N)c1-c1ccccc1OCc1cccc(C(F)(F)F)c1. The number of benzene rings is 2. The number of H-pyrrole nitrogens is 1. The van der Waals surface area contributed by atoms with E-state index in [9.17, 15) is 28.5 Å². The van der Waals surface area contributed by atoms with Gasteiger partial charge in [0.05, 0.1) is 5.56 Å². The monoisotopic (exact) mass is 410 g/mol. The van der Waals surface area contributed by atoms with Gasteiger partial charge in [0.25, 0.3) is 5.56 Å². The molecule has 150 valence electrons. The van der Waals surface area contributed by atoms with Gasteiger partial charge in [0, 0.05) is 11.1 Å². The molecular weight excluding hydrogens is 397 g/mol. The van der Waals surface area contributed by atoms with E-state index in [0.717, 1.165) is 12.1 Å². The molecule has 0 fully saturated rings. The molecule has 3 rings (SSSR count). The van der Waals surface area contributed by atoms with Crippen LogP contribution in [0.25, 0.3) is 11.1 Å². The Morgan fingerprint density at radius 3 is 2.40 bits per heavy atom. The van der Waals surface area contributed by atoms with Gasteiger partial charge in [0.15, 0.2) is 0 Å². The zero-order valence-electron chi connectivity index (χ0n) is 15.2. The topological polar surface area (TPSA) is 116 Å². The number of aromatic nitrogens is 1. The average molecular weight is 410 g/mol. The summed E-state index contributed by atoms with van der Waals surface area (Å²) in [5, 5.41) is 18.9. The smallest absolute Gasteiger partial charge is 0.416 e. The Hall–Kier alpha value is -4.24. The third-order valence-electron chi connectivity index (χ3n) is 4.27. The zero-order chi connectivity index (χ0) is 21.9. The summed E-state index contributed by atoms with van der Waals surface area (Å²) >= 11 is 0. The van der Waals surface area contributed by atoms with Gasteiger partial charge in [-0.3, -0.25) is 4.79 Å². The lowest BCUT2D eigenvalue weighted by Crippen LogP contribution is -2.16. The maximum Gasteiger partial charge on any atom is 0.416 e. The third kappa shape index (κ3) is 3.96. The molecule has 1 heterocycles. The van der Waals surface area contributed by atoms with Gasteiger partial charge in [-0.25, -0.2) is 0 Å². The first-order valence-corrected chi connectivity index (χ1v) is 8.50. The molecule has 0 aliphatic rings. The molecule has 0 saturated heterocycles. The molecule has 0 bridgehead atoms. The number of nitriles is 2. The second-order valence-corrected chi connectivity index (χ2v) is 6.20. The fourth-order valence-electron chi connectivity index (χ4n) is 2.91. The second kappa shape index (κ2) is 8.02. The molecule has 0 amide bonds. The maximum absolute atomic E-state index is 12.9. The number of aromatic amines is 1. The van der Waals surface area contributed by atoms with Crippen molar-refractivity contribution in [2.45, 2.75) is 12.8 Å². The highest BCUT2D eigenvalue weighted by Crippen LogP contribution is 2.35. The highest BCUT2D eigenvalue weighted by atomic mass is 19.4. The minimum Gasteiger partial charge on any atom is -0.488 e. The van der Waals surface area contributed by atoms with E-state index in [0.29, 0.717) is 0 Å². The summed E-state index contributed by atoms with van der Waals surface area (Å²) in [4.78, 5) is 14.4. The first-order chi connectivity index (χ1) is 14.3. The number of alkyl halides is 3. The molecule has 0 unspecified atom stereocenters. The van der Waals surface area contributed by atoms with Crippen LogP contribution in [0.4, 0.5) is 19.0 Å². The summed E-state index contributed by atoms with van der Waals surface area (Å²) in [6.45, 7) is -0.205. The van der Waals surface area contributed by atoms with E-state index in [2.05, 4.69) is 4.98 Å². The van der Waals surface area contributed by atoms with E-state index in [1.165, 1.54) is 24.3 Å². The van der Waals surface area contributed by atoms with Gasteiger partial charge in [-0.2, -0.15) is 23.7 Å². The Morgan fingerprint density at radius 1 is 1.03 bits per heavy atom. The molecule has 9 heteroatoms. The molecule has 0 saturated carbocycles. The van der Waals surface area contributed by atoms with Crippen molar-refractivity contribution in [3.05, 3.63) is 81.1 Å². The van der Waals surface area contributed by atoms with E-state index in [4.69, 9.17) is 10.5 Å². The molecule has 2 aromatic carbocycles. The summed E-state index contributed by atoms with van der Waals surface area (Å²) in [5.41, 5.74) is 4.24. The number of para-hydroxylation sites is 1. The average Bonchev–Trinajstić information content (AvgIpc) is 2.71. The van der Waals surface area contributed by atoms with Crippen molar-refractivity contribution in [3.63, 3.8) is 0 Å².